The Morgan fingerprint density at radius 3 is 0.818 bits per heavy atom. The van der Waals surface area contributed by atoms with Crippen LogP contribution >= 0.6 is 35.9 Å². The summed E-state index contributed by atoms with van der Waals surface area (Å²) < 4.78 is 0. The lowest BCUT2D eigenvalue weighted by molar-refractivity contribution is 0.501. The molecule has 5 nitrogen and oxygen atoms in total. The first-order valence-corrected chi connectivity index (χ1v) is 9.29. The highest BCUT2D eigenvalue weighted by Crippen LogP contribution is 2.40. The molecule has 0 atom stereocenters. The van der Waals surface area contributed by atoms with Crippen molar-refractivity contribution in [2.24, 2.45) is 0 Å². The quantitative estimate of drug-likeness (QED) is 0.261. The van der Waals surface area contributed by atoms with Gasteiger partial charge < -0.3 is 25.0 Å². The largest absolute Gasteiger partial charge is 0.412 e. The monoisotopic (exact) mass is 278 g/mol. The van der Waals surface area contributed by atoms with E-state index in [1.54, 1.807) is 0 Å². The van der Waals surface area contributed by atoms with Crippen LogP contribution < -0.4 is 0 Å². The normalized spacial score (nSPS) is 10.7. The van der Waals surface area contributed by atoms with Gasteiger partial charge in [-0.2, -0.15) is 0 Å². The Kier molecular flexibility index (Phi) is 12.2. The summed E-state index contributed by atoms with van der Waals surface area (Å²) in [6.07, 6.45) is 0. The first kappa shape index (κ1) is 18.6. The highest BCUT2D eigenvalue weighted by atomic mass is 32.9. The van der Waals surface area contributed by atoms with Gasteiger partial charge >= 0.3 is 0 Å². The van der Waals surface area contributed by atoms with E-state index in [0.717, 1.165) is 0 Å². The third-order valence-electron chi connectivity index (χ3n) is 0. The highest BCUT2D eigenvalue weighted by Gasteiger charge is 1.90. The van der Waals surface area contributed by atoms with Gasteiger partial charge in [-0.3, -0.25) is 0 Å². The molecule has 72 valence electrons. The van der Waals surface area contributed by atoms with Crippen molar-refractivity contribution in [3.8, 4) is 0 Å². The van der Waals surface area contributed by atoms with Crippen molar-refractivity contribution in [3.05, 3.63) is 0 Å². The van der Waals surface area contributed by atoms with Gasteiger partial charge in [0.25, 0.3) is 0 Å². The van der Waals surface area contributed by atoms with E-state index in [-0.39, 0.29) is 5.48 Å². The van der Waals surface area contributed by atoms with E-state index in [1.165, 1.54) is 0 Å². The summed E-state index contributed by atoms with van der Waals surface area (Å²) >= 11 is 14.1. The topological polar surface area (TPSA) is 112 Å². The zero-order valence-corrected chi connectivity index (χ0v) is 10.1. The molecule has 0 aliphatic heterocycles. The van der Waals surface area contributed by atoms with Crippen LogP contribution in [0.2, 0.25) is 0 Å². The molecule has 0 aromatic carbocycles. The molecule has 0 saturated heterocycles. The van der Waals surface area contributed by atoms with Gasteiger partial charge in [0.15, 0.2) is 0 Å². The van der Waals surface area contributed by atoms with Crippen molar-refractivity contribution in [3.63, 3.8) is 0 Å². The first-order chi connectivity index (χ1) is 4.00. The van der Waals surface area contributed by atoms with E-state index in [0.29, 0.717) is 0 Å². The summed E-state index contributed by atoms with van der Waals surface area (Å²) in [5.41, 5.74) is -6.22. The lowest BCUT2D eigenvalue weighted by atomic mass is 15.9. The summed E-state index contributed by atoms with van der Waals surface area (Å²) in [7, 11) is 0. The second-order valence-electron chi connectivity index (χ2n) is 1.03. The minimum absolute atomic E-state index is 0. The maximum Gasteiger partial charge on any atom is 0.239 e. The van der Waals surface area contributed by atoms with Crippen molar-refractivity contribution >= 4 is 59.5 Å². The third kappa shape index (κ3) is 350. The minimum Gasteiger partial charge on any atom is -0.412 e. The predicted molar refractivity (Wildman–Crippen MR) is 59.0 cm³/mol. The van der Waals surface area contributed by atoms with Crippen LogP contribution in [0.1, 0.15) is 0 Å². The van der Waals surface area contributed by atoms with Crippen LogP contribution in [0.3, 0.4) is 0 Å². The van der Waals surface area contributed by atoms with E-state index in [9.17, 15) is 0 Å². The molecule has 0 aliphatic carbocycles. The van der Waals surface area contributed by atoms with Gasteiger partial charge in [0, 0.05) is 0 Å². The molecule has 0 aliphatic rings. The van der Waals surface area contributed by atoms with Crippen LogP contribution in [0.25, 0.3) is 0 Å². The molecule has 11 heteroatoms. The van der Waals surface area contributed by atoms with Gasteiger partial charge in [0.1, 0.15) is 0 Å². The van der Waals surface area contributed by atoms with Crippen LogP contribution in [0, 0.1) is 0 Å². The first-order valence-electron chi connectivity index (χ1n) is 1.57. The maximum atomic E-state index is 7.87. The van der Waals surface area contributed by atoms with Gasteiger partial charge in [0.2, 0.25) is 11.4 Å². The van der Waals surface area contributed by atoms with Crippen molar-refractivity contribution in [1.82, 2.24) is 0 Å². The Balaban J connectivity index is -0.000000107. The van der Waals surface area contributed by atoms with Crippen LogP contribution in [0.5, 0.6) is 0 Å². The predicted octanol–water partition coefficient (Wildman–Crippen LogP) is -0.574. The summed E-state index contributed by atoms with van der Waals surface area (Å²) in [6, 6.07) is 0. The lowest BCUT2D eigenvalue weighted by Gasteiger charge is -1.88. The smallest absolute Gasteiger partial charge is 0.239 e. The molecule has 0 unspecified atom stereocenters. The zero-order chi connectivity index (χ0) is 9.00. The number of hydrogen-bond acceptors (Lipinski definition) is 2. The van der Waals surface area contributed by atoms with Crippen molar-refractivity contribution in [2.75, 3.05) is 0 Å². The standard InChI is InChI=1S/2H3O2PS2.H2O/c2*1-3(2,4)5;/h2*(H3,1,2,4,5);1H2. The SMILES string of the molecule is O.OP(O)(=S)S.OP(O)(=S)S. The van der Waals surface area contributed by atoms with E-state index < -0.39 is 11.4 Å². The van der Waals surface area contributed by atoms with E-state index >= 15 is 0 Å². The molecule has 0 radical (unpaired) electrons. The van der Waals surface area contributed by atoms with Crippen LogP contribution in [0.4, 0.5) is 0 Å². The molecule has 11 heavy (non-hydrogen) atoms. The summed E-state index contributed by atoms with van der Waals surface area (Å²) in [4.78, 5) is 31.5. The van der Waals surface area contributed by atoms with Crippen LogP contribution in [0.15, 0.2) is 0 Å². The van der Waals surface area contributed by atoms with E-state index in [1.807, 2.05) is 0 Å². The lowest BCUT2D eigenvalue weighted by Crippen LogP contribution is -1.53. The Labute approximate surface area is 84.4 Å². The third-order valence-corrected chi connectivity index (χ3v) is 0. The molecule has 0 bridgehead atoms. The van der Waals surface area contributed by atoms with Crippen molar-refractivity contribution in [1.29, 1.82) is 0 Å². The molecular formula is H8O5P2S4. The minimum atomic E-state index is -3.11. The summed E-state index contributed by atoms with van der Waals surface area (Å²) in [5, 5.41) is 0. The molecule has 0 spiro atoms. The Morgan fingerprint density at radius 1 is 0.818 bits per heavy atom. The average Bonchev–Trinajstić information content (AvgIpc) is 1.12. The van der Waals surface area contributed by atoms with Gasteiger partial charge in [0.05, 0.1) is 0 Å². The fourth-order valence-corrected chi connectivity index (χ4v) is 0. The Hall–Kier alpha value is 1.80. The number of rotatable bonds is 0. The molecule has 0 heterocycles. The molecular weight excluding hydrogens is 270 g/mol. The van der Waals surface area contributed by atoms with Crippen molar-refractivity contribution < 1.29 is 25.0 Å². The van der Waals surface area contributed by atoms with Gasteiger partial charge in [-0.1, -0.05) is 24.5 Å². The molecule has 0 aromatic rings. The van der Waals surface area contributed by atoms with Crippen LogP contribution in [-0.4, -0.2) is 25.0 Å². The Bertz CT molecular complexity index is 129. The van der Waals surface area contributed by atoms with Crippen LogP contribution in [-0.2, 0) is 23.6 Å². The molecule has 0 aromatic heterocycles. The molecule has 0 amide bonds. The second kappa shape index (κ2) is 7.23. The zero-order valence-electron chi connectivity index (χ0n) is 4.89. The molecule has 0 fully saturated rings. The second-order valence-corrected chi connectivity index (χ2v) is 11.1. The highest BCUT2D eigenvalue weighted by molar-refractivity contribution is 8.59. The van der Waals surface area contributed by atoms with E-state index in [4.69, 9.17) is 19.6 Å². The molecule has 0 rings (SSSR count). The van der Waals surface area contributed by atoms with Gasteiger partial charge in [-0.15, -0.1) is 0 Å². The van der Waals surface area contributed by atoms with Crippen molar-refractivity contribution in [2.45, 2.75) is 0 Å². The van der Waals surface area contributed by atoms with E-state index in [2.05, 4.69) is 48.1 Å². The fraction of sp³-hybridized carbons (Fsp3) is 0. The average molecular weight is 278 g/mol. The maximum absolute atomic E-state index is 7.87. The number of thiol groups is 2. The van der Waals surface area contributed by atoms with Gasteiger partial charge in [-0.25, -0.2) is 0 Å². The summed E-state index contributed by atoms with van der Waals surface area (Å²) in [5.74, 6) is 0. The molecule has 0 saturated carbocycles. The molecule has 6 N–H and O–H groups in total. The summed E-state index contributed by atoms with van der Waals surface area (Å²) in [6.45, 7) is 0. The fourth-order valence-electron chi connectivity index (χ4n) is 0. The number of hydrogen-bond donors (Lipinski definition) is 6. The Morgan fingerprint density at radius 2 is 0.818 bits per heavy atom. The van der Waals surface area contributed by atoms with Gasteiger partial charge in [-0.05, 0) is 23.6 Å².